The summed E-state index contributed by atoms with van der Waals surface area (Å²) in [5.74, 6) is 1.10. The maximum Gasteiger partial charge on any atom is 0.282 e. The molecule has 29 heavy (non-hydrogen) atoms. The third-order valence-corrected chi connectivity index (χ3v) is 7.20. The Balaban J connectivity index is 1.33. The lowest BCUT2D eigenvalue weighted by Gasteiger charge is -2.40. The van der Waals surface area contributed by atoms with Crippen molar-refractivity contribution in [2.45, 2.75) is 32.6 Å². The van der Waals surface area contributed by atoms with E-state index in [0.29, 0.717) is 57.5 Å². The van der Waals surface area contributed by atoms with Crippen LogP contribution in [0.1, 0.15) is 19.7 Å². The number of rotatable bonds is 5. The molecule has 0 aliphatic carbocycles. The van der Waals surface area contributed by atoms with Gasteiger partial charge in [-0.05, 0) is 13.8 Å². The molecule has 2 fully saturated rings. The molecule has 1 aromatic carbocycles. The van der Waals surface area contributed by atoms with Gasteiger partial charge in [-0.3, -0.25) is 4.90 Å². The minimum absolute atomic E-state index is 0.0915. The van der Waals surface area contributed by atoms with E-state index < -0.39 is 10.2 Å². The molecule has 1 aromatic heterocycles. The van der Waals surface area contributed by atoms with Gasteiger partial charge in [-0.1, -0.05) is 35.5 Å². The summed E-state index contributed by atoms with van der Waals surface area (Å²) in [5.41, 5.74) is 0.910. The van der Waals surface area contributed by atoms with Gasteiger partial charge in [-0.2, -0.15) is 22.0 Å². The molecule has 2 atom stereocenters. The third-order valence-electron chi connectivity index (χ3n) is 5.23. The van der Waals surface area contributed by atoms with Crippen LogP contribution in [0.2, 0.25) is 0 Å². The van der Waals surface area contributed by atoms with Crippen LogP contribution in [0.3, 0.4) is 0 Å². The zero-order valence-electron chi connectivity index (χ0n) is 16.8. The molecule has 10 heteroatoms. The van der Waals surface area contributed by atoms with Gasteiger partial charge in [0.2, 0.25) is 11.7 Å². The number of nitrogens with zero attached hydrogens (tertiary/aromatic N) is 5. The van der Waals surface area contributed by atoms with E-state index >= 15 is 0 Å². The largest absolute Gasteiger partial charge is 0.373 e. The summed E-state index contributed by atoms with van der Waals surface area (Å²) in [6, 6.07) is 9.68. The molecule has 0 bridgehead atoms. The van der Waals surface area contributed by atoms with Gasteiger partial charge in [0.25, 0.3) is 10.2 Å². The topological polar surface area (TPSA) is 92.0 Å². The fourth-order valence-corrected chi connectivity index (χ4v) is 5.56. The Labute approximate surface area is 171 Å². The van der Waals surface area contributed by atoms with Crippen molar-refractivity contribution in [2.75, 3.05) is 39.3 Å². The van der Waals surface area contributed by atoms with Gasteiger partial charge in [0.15, 0.2) is 0 Å². The molecule has 0 N–H and O–H groups in total. The summed E-state index contributed by atoms with van der Waals surface area (Å²) in [5, 5.41) is 4.04. The normalized spacial score (nSPS) is 25.3. The van der Waals surface area contributed by atoms with Gasteiger partial charge in [0.1, 0.15) is 0 Å². The van der Waals surface area contributed by atoms with Crippen molar-refractivity contribution < 1.29 is 17.7 Å². The predicted octanol–water partition coefficient (Wildman–Crippen LogP) is 1.21. The smallest absolute Gasteiger partial charge is 0.282 e. The van der Waals surface area contributed by atoms with E-state index in [9.17, 15) is 8.42 Å². The Morgan fingerprint density at radius 2 is 1.66 bits per heavy atom. The van der Waals surface area contributed by atoms with Crippen LogP contribution in [-0.4, -0.2) is 83.5 Å². The minimum atomic E-state index is -3.47. The van der Waals surface area contributed by atoms with E-state index in [1.807, 2.05) is 44.2 Å². The Bertz CT molecular complexity index is 902. The van der Waals surface area contributed by atoms with Gasteiger partial charge in [0, 0.05) is 44.8 Å². The average molecular weight is 422 g/mol. The fraction of sp³-hybridized carbons (Fsp3) is 0.579. The van der Waals surface area contributed by atoms with Crippen molar-refractivity contribution in [3.63, 3.8) is 0 Å². The molecule has 158 valence electrons. The van der Waals surface area contributed by atoms with Crippen molar-refractivity contribution >= 4 is 10.2 Å². The molecule has 2 aliphatic rings. The highest BCUT2D eigenvalue weighted by Crippen LogP contribution is 2.20. The van der Waals surface area contributed by atoms with Crippen molar-refractivity contribution in [2.24, 2.45) is 0 Å². The van der Waals surface area contributed by atoms with Gasteiger partial charge in [-0.15, -0.1) is 0 Å². The first-order valence-corrected chi connectivity index (χ1v) is 11.3. The SMILES string of the molecule is C[C@H]1CN(S(=O)(=O)N2CCN(Cc3nc(-c4ccccc4)no3)CC2)C[C@H](C)O1. The zero-order valence-corrected chi connectivity index (χ0v) is 17.6. The van der Waals surface area contributed by atoms with Crippen LogP contribution in [0.4, 0.5) is 0 Å². The standard InChI is InChI=1S/C19H27N5O4S/c1-15-12-24(13-16(2)27-15)29(25,26)23-10-8-22(9-11-23)14-18-20-19(21-28-18)17-6-4-3-5-7-17/h3-7,15-16H,8-14H2,1-2H3/t15-,16-/m0/s1. The Hall–Kier alpha value is -1.85. The van der Waals surface area contributed by atoms with Crippen LogP contribution < -0.4 is 0 Å². The number of piperazine rings is 1. The number of aromatic nitrogens is 2. The van der Waals surface area contributed by atoms with E-state index in [2.05, 4.69) is 15.0 Å². The molecule has 0 amide bonds. The van der Waals surface area contributed by atoms with Crippen molar-refractivity contribution in [3.8, 4) is 11.4 Å². The molecule has 0 saturated carbocycles. The van der Waals surface area contributed by atoms with Crippen molar-refractivity contribution in [1.29, 1.82) is 0 Å². The average Bonchev–Trinajstić information content (AvgIpc) is 3.17. The van der Waals surface area contributed by atoms with Crippen LogP contribution in [-0.2, 0) is 21.5 Å². The summed E-state index contributed by atoms with van der Waals surface area (Å²) in [6.07, 6.45) is -0.183. The molecule has 2 aliphatic heterocycles. The van der Waals surface area contributed by atoms with E-state index in [1.165, 1.54) is 0 Å². The minimum Gasteiger partial charge on any atom is -0.373 e. The van der Waals surface area contributed by atoms with Gasteiger partial charge < -0.3 is 9.26 Å². The molecule has 2 aromatic rings. The van der Waals surface area contributed by atoms with Gasteiger partial charge in [-0.25, -0.2) is 0 Å². The molecular formula is C19H27N5O4S. The molecule has 4 rings (SSSR count). The van der Waals surface area contributed by atoms with Crippen LogP contribution in [0, 0.1) is 0 Å². The third kappa shape index (κ3) is 4.67. The molecule has 9 nitrogen and oxygen atoms in total. The number of ether oxygens (including phenoxy) is 1. The predicted molar refractivity (Wildman–Crippen MR) is 107 cm³/mol. The first kappa shape index (κ1) is 20.4. The number of hydrogen-bond acceptors (Lipinski definition) is 7. The fourth-order valence-electron chi connectivity index (χ4n) is 3.82. The van der Waals surface area contributed by atoms with Crippen molar-refractivity contribution in [3.05, 3.63) is 36.2 Å². The van der Waals surface area contributed by atoms with Crippen LogP contribution in [0.25, 0.3) is 11.4 Å². The van der Waals surface area contributed by atoms with Crippen molar-refractivity contribution in [1.82, 2.24) is 23.7 Å². The summed E-state index contributed by atoms with van der Waals surface area (Å²) in [6.45, 7) is 7.27. The molecule has 3 heterocycles. The second-order valence-corrected chi connectivity index (χ2v) is 9.56. The highest BCUT2D eigenvalue weighted by atomic mass is 32.2. The maximum atomic E-state index is 13.0. The number of benzene rings is 1. The Kier molecular flexibility index (Phi) is 5.98. The van der Waals surface area contributed by atoms with Crippen LogP contribution in [0.5, 0.6) is 0 Å². The molecule has 0 spiro atoms. The van der Waals surface area contributed by atoms with Gasteiger partial charge >= 0.3 is 0 Å². The number of hydrogen-bond donors (Lipinski definition) is 0. The quantitative estimate of drug-likeness (QED) is 0.716. The summed E-state index contributed by atoms with van der Waals surface area (Å²) in [7, 11) is -3.47. The van der Waals surface area contributed by atoms with Gasteiger partial charge in [0.05, 0.1) is 18.8 Å². The van der Waals surface area contributed by atoms with Crippen LogP contribution in [0.15, 0.2) is 34.9 Å². The summed E-state index contributed by atoms with van der Waals surface area (Å²) in [4.78, 5) is 6.60. The van der Waals surface area contributed by atoms with E-state index in [0.717, 1.165) is 5.56 Å². The van der Waals surface area contributed by atoms with E-state index in [4.69, 9.17) is 9.26 Å². The second kappa shape index (κ2) is 8.49. The van der Waals surface area contributed by atoms with E-state index in [-0.39, 0.29) is 12.2 Å². The second-order valence-electron chi connectivity index (χ2n) is 7.64. The molecule has 0 radical (unpaired) electrons. The lowest BCUT2D eigenvalue weighted by Crippen LogP contribution is -2.57. The first-order chi connectivity index (χ1) is 13.9. The summed E-state index contributed by atoms with van der Waals surface area (Å²) < 4.78 is 40.1. The maximum absolute atomic E-state index is 13.0. The Morgan fingerprint density at radius 3 is 2.31 bits per heavy atom. The highest BCUT2D eigenvalue weighted by Gasteiger charge is 2.36. The first-order valence-electron chi connectivity index (χ1n) is 9.93. The molecular weight excluding hydrogens is 394 g/mol. The lowest BCUT2D eigenvalue weighted by atomic mass is 10.2. The summed E-state index contributed by atoms with van der Waals surface area (Å²) >= 11 is 0. The highest BCUT2D eigenvalue weighted by molar-refractivity contribution is 7.86. The molecule has 2 saturated heterocycles. The monoisotopic (exact) mass is 421 g/mol. The Morgan fingerprint density at radius 1 is 1.00 bits per heavy atom. The zero-order chi connectivity index (χ0) is 20.4. The molecule has 0 unspecified atom stereocenters. The lowest BCUT2D eigenvalue weighted by molar-refractivity contribution is -0.0458. The van der Waals surface area contributed by atoms with E-state index in [1.54, 1.807) is 8.61 Å². The number of morpholine rings is 1. The van der Waals surface area contributed by atoms with Crippen LogP contribution >= 0.6 is 0 Å².